The number of carbonyl (C=O) groups excluding carboxylic acids is 2. The number of rotatable bonds is 8. The van der Waals surface area contributed by atoms with Crippen LogP contribution in [-0.4, -0.2) is 37.9 Å². The Morgan fingerprint density at radius 1 is 1.03 bits per heavy atom. The van der Waals surface area contributed by atoms with E-state index in [0.29, 0.717) is 18.1 Å². The minimum absolute atomic E-state index is 0.167. The van der Waals surface area contributed by atoms with Crippen LogP contribution in [0.4, 0.5) is 4.79 Å². The van der Waals surface area contributed by atoms with Gasteiger partial charge in [-0.3, -0.25) is 0 Å². The van der Waals surface area contributed by atoms with Gasteiger partial charge in [0.25, 0.3) is 0 Å². The number of methoxy groups -OCH3 is 2. The summed E-state index contributed by atoms with van der Waals surface area (Å²) in [4.78, 5) is 24.5. The normalized spacial score (nSPS) is 11.9. The molecule has 0 radical (unpaired) electrons. The second kappa shape index (κ2) is 10.5. The number of esters is 1. The van der Waals surface area contributed by atoms with E-state index in [-0.39, 0.29) is 6.42 Å². The van der Waals surface area contributed by atoms with Crippen LogP contribution >= 0.6 is 0 Å². The highest BCUT2D eigenvalue weighted by Crippen LogP contribution is 2.27. The van der Waals surface area contributed by atoms with Gasteiger partial charge in [0.05, 0.1) is 14.2 Å². The molecule has 1 amide bonds. The van der Waals surface area contributed by atoms with Gasteiger partial charge in [-0.2, -0.15) is 0 Å². The third-order valence-electron chi connectivity index (χ3n) is 4.11. The monoisotopic (exact) mass is 415 g/mol. The van der Waals surface area contributed by atoms with Crippen molar-refractivity contribution in [2.75, 3.05) is 14.2 Å². The van der Waals surface area contributed by atoms with Gasteiger partial charge in [-0.1, -0.05) is 36.4 Å². The van der Waals surface area contributed by atoms with Crippen LogP contribution in [0.5, 0.6) is 11.5 Å². The van der Waals surface area contributed by atoms with Gasteiger partial charge in [0.2, 0.25) is 0 Å². The van der Waals surface area contributed by atoms with Crippen molar-refractivity contribution >= 4 is 12.1 Å². The van der Waals surface area contributed by atoms with E-state index in [1.165, 1.54) is 7.11 Å². The summed E-state index contributed by atoms with van der Waals surface area (Å²) in [6.45, 7) is 5.60. The van der Waals surface area contributed by atoms with E-state index in [0.717, 1.165) is 11.1 Å². The van der Waals surface area contributed by atoms with Crippen LogP contribution in [0.2, 0.25) is 0 Å². The Bertz CT molecular complexity index is 845. The average molecular weight is 415 g/mol. The van der Waals surface area contributed by atoms with E-state index in [9.17, 15) is 9.59 Å². The van der Waals surface area contributed by atoms with Gasteiger partial charge in [-0.15, -0.1) is 0 Å². The van der Waals surface area contributed by atoms with Gasteiger partial charge < -0.3 is 24.3 Å². The van der Waals surface area contributed by atoms with Crippen molar-refractivity contribution in [1.29, 1.82) is 0 Å². The van der Waals surface area contributed by atoms with Gasteiger partial charge >= 0.3 is 12.1 Å². The van der Waals surface area contributed by atoms with E-state index in [4.69, 9.17) is 18.9 Å². The van der Waals surface area contributed by atoms with Crippen LogP contribution in [0.15, 0.2) is 48.5 Å². The predicted molar refractivity (Wildman–Crippen MR) is 113 cm³/mol. The highest BCUT2D eigenvalue weighted by molar-refractivity contribution is 5.81. The molecule has 1 atom stereocenters. The lowest BCUT2D eigenvalue weighted by Crippen LogP contribution is -2.45. The maximum absolute atomic E-state index is 12.3. The molecule has 1 N–H and O–H groups in total. The minimum atomic E-state index is -0.933. The molecule has 7 heteroatoms. The Morgan fingerprint density at radius 2 is 1.73 bits per heavy atom. The molecular formula is C23H29NO6. The molecule has 2 aromatic rings. The largest absolute Gasteiger partial charge is 0.497 e. The lowest BCUT2D eigenvalue weighted by atomic mass is 10.0. The van der Waals surface area contributed by atoms with Crippen LogP contribution in [0.1, 0.15) is 31.9 Å². The second-order valence-corrected chi connectivity index (χ2v) is 7.67. The molecule has 2 rings (SSSR count). The van der Waals surface area contributed by atoms with E-state index in [1.54, 1.807) is 46.1 Å². The quantitative estimate of drug-likeness (QED) is 0.659. The Hall–Kier alpha value is -3.22. The van der Waals surface area contributed by atoms with Crippen molar-refractivity contribution in [1.82, 2.24) is 5.32 Å². The molecule has 0 saturated carbocycles. The van der Waals surface area contributed by atoms with Crippen molar-refractivity contribution in [3.63, 3.8) is 0 Å². The molecule has 2 aromatic carbocycles. The summed E-state index contributed by atoms with van der Waals surface area (Å²) in [5, 5.41) is 2.58. The minimum Gasteiger partial charge on any atom is -0.497 e. The summed E-state index contributed by atoms with van der Waals surface area (Å²) in [5.74, 6) is 0.598. The molecular weight excluding hydrogens is 386 g/mol. The molecule has 0 aromatic heterocycles. The van der Waals surface area contributed by atoms with Gasteiger partial charge in [-0.05, 0) is 38.0 Å². The topological polar surface area (TPSA) is 83.1 Å². The number of hydrogen-bond donors (Lipinski definition) is 1. The first-order valence-electron chi connectivity index (χ1n) is 9.63. The summed E-state index contributed by atoms with van der Waals surface area (Å²) in [6.07, 6.45) is -0.529. The molecule has 7 nitrogen and oxygen atoms in total. The fourth-order valence-electron chi connectivity index (χ4n) is 2.71. The van der Waals surface area contributed by atoms with Crippen LogP contribution in [0.25, 0.3) is 0 Å². The number of carbonyl (C=O) groups is 2. The number of hydrogen-bond acceptors (Lipinski definition) is 6. The second-order valence-electron chi connectivity index (χ2n) is 7.67. The van der Waals surface area contributed by atoms with Crippen LogP contribution in [0.3, 0.4) is 0 Å². The number of benzene rings is 2. The summed E-state index contributed by atoms with van der Waals surface area (Å²) in [6, 6.07) is 14.1. The highest BCUT2D eigenvalue weighted by Gasteiger charge is 2.26. The van der Waals surface area contributed by atoms with E-state index in [2.05, 4.69) is 5.32 Å². The Morgan fingerprint density at radius 3 is 2.33 bits per heavy atom. The standard InChI is InChI=1S/C23H29NO6/c1-23(2,3)30-22(26)24-19(21(25)28-5)13-17-11-12-18(27-4)14-20(17)29-15-16-9-7-6-8-10-16/h6-12,14,19H,13,15H2,1-5H3,(H,24,26). The van der Waals surface area contributed by atoms with Crippen molar-refractivity contribution in [3.05, 3.63) is 59.7 Å². The van der Waals surface area contributed by atoms with E-state index in [1.807, 2.05) is 30.3 Å². The van der Waals surface area contributed by atoms with Crippen LogP contribution < -0.4 is 14.8 Å². The molecule has 0 aliphatic heterocycles. The van der Waals surface area contributed by atoms with Crippen molar-refractivity contribution in [2.45, 2.75) is 45.4 Å². The van der Waals surface area contributed by atoms with Crippen LogP contribution in [0, 0.1) is 0 Å². The Kier molecular flexibility index (Phi) is 8.09. The van der Waals surface area contributed by atoms with E-state index >= 15 is 0 Å². The molecule has 30 heavy (non-hydrogen) atoms. The molecule has 0 heterocycles. The first kappa shape index (κ1) is 23.1. The van der Waals surface area contributed by atoms with Gasteiger partial charge in [0.15, 0.2) is 0 Å². The van der Waals surface area contributed by atoms with E-state index < -0.39 is 23.7 Å². The first-order valence-corrected chi connectivity index (χ1v) is 9.63. The zero-order chi connectivity index (χ0) is 22.1. The first-order chi connectivity index (χ1) is 14.2. The highest BCUT2D eigenvalue weighted by atomic mass is 16.6. The number of amides is 1. The fourth-order valence-corrected chi connectivity index (χ4v) is 2.71. The Balaban J connectivity index is 2.21. The molecule has 0 saturated heterocycles. The zero-order valence-electron chi connectivity index (χ0n) is 18.1. The zero-order valence-corrected chi connectivity index (χ0v) is 18.1. The maximum Gasteiger partial charge on any atom is 0.408 e. The molecule has 0 aliphatic carbocycles. The fraction of sp³-hybridized carbons (Fsp3) is 0.391. The molecule has 0 fully saturated rings. The third-order valence-corrected chi connectivity index (χ3v) is 4.11. The predicted octanol–water partition coefficient (Wildman–Crippen LogP) is 3.88. The lowest BCUT2D eigenvalue weighted by Gasteiger charge is -2.23. The van der Waals surface area contributed by atoms with Crippen molar-refractivity contribution in [3.8, 4) is 11.5 Å². The summed E-state index contributed by atoms with van der Waals surface area (Å²) >= 11 is 0. The number of alkyl carbamates (subject to hydrolysis) is 1. The molecule has 1 unspecified atom stereocenters. The average Bonchev–Trinajstić information content (AvgIpc) is 2.71. The number of nitrogens with one attached hydrogen (secondary N) is 1. The lowest BCUT2D eigenvalue weighted by molar-refractivity contribution is -0.143. The number of ether oxygens (including phenoxy) is 4. The van der Waals surface area contributed by atoms with Gasteiger partial charge in [0, 0.05) is 12.5 Å². The molecule has 162 valence electrons. The Labute approximate surface area is 177 Å². The van der Waals surface area contributed by atoms with Crippen molar-refractivity contribution in [2.24, 2.45) is 0 Å². The van der Waals surface area contributed by atoms with Gasteiger partial charge in [-0.25, -0.2) is 9.59 Å². The maximum atomic E-state index is 12.3. The van der Waals surface area contributed by atoms with Gasteiger partial charge in [0.1, 0.15) is 29.7 Å². The molecule has 0 spiro atoms. The smallest absolute Gasteiger partial charge is 0.408 e. The molecule has 0 aliphatic rings. The molecule has 0 bridgehead atoms. The summed E-state index contributed by atoms with van der Waals surface area (Å²) < 4.78 is 21.4. The van der Waals surface area contributed by atoms with Crippen molar-refractivity contribution < 1.29 is 28.5 Å². The summed E-state index contributed by atoms with van der Waals surface area (Å²) in [7, 11) is 2.84. The van der Waals surface area contributed by atoms with Crippen LogP contribution in [-0.2, 0) is 27.3 Å². The SMILES string of the molecule is COC(=O)C(Cc1ccc(OC)cc1OCc1ccccc1)NC(=O)OC(C)(C)C. The third kappa shape index (κ3) is 7.31. The summed E-state index contributed by atoms with van der Waals surface area (Å²) in [5.41, 5.74) is 1.04.